The van der Waals surface area contributed by atoms with Gasteiger partial charge in [-0.15, -0.1) is 11.3 Å². The highest BCUT2D eigenvalue weighted by Gasteiger charge is 2.25. The SMILES string of the molecule is O=C(c1ccc2ncsc2c1)N1CCC(Cn2c(COc3ccccc3)nc3ccccc32)CC1. The highest BCUT2D eigenvalue weighted by atomic mass is 32.1. The van der Waals surface area contributed by atoms with E-state index in [4.69, 9.17) is 9.72 Å². The summed E-state index contributed by atoms with van der Waals surface area (Å²) < 4.78 is 9.40. The van der Waals surface area contributed by atoms with Gasteiger partial charge in [0, 0.05) is 25.2 Å². The number of ether oxygens (including phenoxy) is 1. The van der Waals surface area contributed by atoms with Gasteiger partial charge in [-0.25, -0.2) is 9.97 Å². The first-order chi connectivity index (χ1) is 17.2. The fraction of sp³-hybridized carbons (Fsp3) is 0.250. The minimum Gasteiger partial charge on any atom is -0.486 e. The van der Waals surface area contributed by atoms with Crippen LogP contribution in [0, 0.1) is 5.92 Å². The van der Waals surface area contributed by atoms with Crippen LogP contribution in [0.25, 0.3) is 21.3 Å². The van der Waals surface area contributed by atoms with Crippen molar-refractivity contribution < 1.29 is 9.53 Å². The number of rotatable bonds is 6. The molecule has 0 aliphatic carbocycles. The van der Waals surface area contributed by atoms with E-state index in [1.54, 1.807) is 11.3 Å². The lowest BCUT2D eigenvalue weighted by molar-refractivity contribution is 0.0683. The molecule has 1 saturated heterocycles. The predicted molar refractivity (Wildman–Crippen MR) is 139 cm³/mol. The molecule has 35 heavy (non-hydrogen) atoms. The summed E-state index contributed by atoms with van der Waals surface area (Å²) in [6.07, 6.45) is 1.94. The van der Waals surface area contributed by atoms with Gasteiger partial charge >= 0.3 is 0 Å². The largest absolute Gasteiger partial charge is 0.486 e. The molecule has 1 amide bonds. The number of carbonyl (C=O) groups is 1. The molecule has 1 aliphatic rings. The van der Waals surface area contributed by atoms with E-state index in [-0.39, 0.29) is 5.91 Å². The quantitative estimate of drug-likeness (QED) is 0.308. The van der Waals surface area contributed by atoms with Crippen LogP contribution in [0.2, 0.25) is 0 Å². The van der Waals surface area contributed by atoms with Crippen molar-refractivity contribution in [2.75, 3.05) is 13.1 Å². The first-order valence-corrected chi connectivity index (χ1v) is 12.9. The zero-order valence-corrected chi connectivity index (χ0v) is 20.2. The van der Waals surface area contributed by atoms with Crippen LogP contribution in [-0.2, 0) is 13.2 Å². The summed E-state index contributed by atoms with van der Waals surface area (Å²) >= 11 is 1.57. The molecule has 3 heterocycles. The second-order valence-electron chi connectivity index (χ2n) is 9.00. The standard InChI is InChI=1S/C28H26N4O2S/c33-28(21-10-11-24-26(16-21)35-19-29-24)31-14-12-20(13-15-31)17-32-25-9-5-4-8-23(25)30-27(32)18-34-22-6-2-1-3-7-22/h1-11,16,19-20H,12-15,17-18H2. The van der Waals surface area contributed by atoms with Gasteiger partial charge in [-0.3, -0.25) is 4.79 Å². The lowest BCUT2D eigenvalue weighted by Crippen LogP contribution is -2.39. The Morgan fingerprint density at radius 3 is 2.63 bits per heavy atom. The summed E-state index contributed by atoms with van der Waals surface area (Å²) in [6.45, 7) is 2.85. The normalized spacial score (nSPS) is 14.6. The number of hydrogen-bond donors (Lipinski definition) is 0. The Balaban J connectivity index is 1.14. The summed E-state index contributed by atoms with van der Waals surface area (Å²) in [5.74, 6) is 2.38. The molecule has 0 N–H and O–H groups in total. The van der Waals surface area contributed by atoms with Crippen molar-refractivity contribution in [3.63, 3.8) is 0 Å². The third-order valence-corrected chi connectivity index (χ3v) is 7.56. The van der Waals surface area contributed by atoms with Crippen LogP contribution < -0.4 is 4.74 Å². The van der Waals surface area contributed by atoms with E-state index in [9.17, 15) is 4.79 Å². The van der Waals surface area contributed by atoms with Gasteiger partial charge in [0.1, 0.15) is 18.2 Å². The maximum atomic E-state index is 13.1. The zero-order chi connectivity index (χ0) is 23.6. The molecule has 0 spiro atoms. The fourth-order valence-corrected chi connectivity index (χ4v) is 5.57. The molecular formula is C28H26N4O2S. The Kier molecular flexibility index (Phi) is 5.92. The number of imidazole rings is 1. The molecule has 176 valence electrons. The van der Waals surface area contributed by atoms with Gasteiger partial charge in [0.15, 0.2) is 0 Å². The number of aromatic nitrogens is 3. The average Bonchev–Trinajstić information content (AvgIpc) is 3.52. The number of hydrogen-bond acceptors (Lipinski definition) is 5. The molecule has 1 aliphatic heterocycles. The lowest BCUT2D eigenvalue weighted by Gasteiger charge is -2.32. The number of benzene rings is 3. The number of thiazole rings is 1. The molecular weight excluding hydrogens is 456 g/mol. The van der Waals surface area contributed by atoms with Gasteiger partial charge in [-0.2, -0.15) is 0 Å². The first kappa shape index (κ1) is 21.8. The van der Waals surface area contributed by atoms with Crippen LogP contribution in [-0.4, -0.2) is 38.4 Å². The smallest absolute Gasteiger partial charge is 0.253 e. The van der Waals surface area contributed by atoms with Gasteiger partial charge in [0.25, 0.3) is 5.91 Å². The number of amides is 1. The first-order valence-electron chi connectivity index (χ1n) is 12.0. The Bertz CT molecular complexity index is 1470. The Hall–Kier alpha value is -3.71. The van der Waals surface area contributed by atoms with Crippen molar-refractivity contribution in [1.29, 1.82) is 0 Å². The molecule has 2 aromatic heterocycles. The van der Waals surface area contributed by atoms with Crippen molar-refractivity contribution in [2.45, 2.75) is 26.0 Å². The van der Waals surface area contributed by atoms with Crippen LogP contribution in [0.3, 0.4) is 0 Å². The minimum atomic E-state index is 0.115. The molecule has 0 unspecified atom stereocenters. The number of para-hydroxylation sites is 3. The summed E-state index contributed by atoms with van der Waals surface area (Å²) in [5.41, 5.74) is 5.65. The Morgan fingerprint density at radius 1 is 0.971 bits per heavy atom. The highest BCUT2D eigenvalue weighted by Crippen LogP contribution is 2.26. The minimum absolute atomic E-state index is 0.115. The predicted octanol–water partition coefficient (Wildman–Crippen LogP) is 5.78. The Morgan fingerprint density at radius 2 is 1.77 bits per heavy atom. The van der Waals surface area contributed by atoms with Crippen molar-refractivity contribution in [3.05, 3.63) is 89.7 Å². The maximum Gasteiger partial charge on any atom is 0.253 e. The molecule has 0 bridgehead atoms. The molecule has 6 rings (SSSR count). The third kappa shape index (κ3) is 4.51. The maximum absolute atomic E-state index is 13.1. The van der Waals surface area contributed by atoms with Crippen LogP contribution in [0.1, 0.15) is 29.0 Å². The molecule has 5 aromatic rings. The number of fused-ring (bicyclic) bond motifs is 2. The topological polar surface area (TPSA) is 60.2 Å². The van der Waals surface area contributed by atoms with Crippen LogP contribution in [0.5, 0.6) is 5.75 Å². The summed E-state index contributed by atoms with van der Waals surface area (Å²) in [7, 11) is 0. The third-order valence-electron chi connectivity index (χ3n) is 6.77. The van der Waals surface area contributed by atoms with Crippen molar-refractivity contribution in [1.82, 2.24) is 19.4 Å². The van der Waals surface area contributed by atoms with Gasteiger partial charge in [-0.1, -0.05) is 30.3 Å². The molecule has 1 fully saturated rings. The van der Waals surface area contributed by atoms with E-state index in [1.807, 2.05) is 65.0 Å². The molecule has 6 nitrogen and oxygen atoms in total. The van der Waals surface area contributed by atoms with Gasteiger partial charge in [-0.05, 0) is 61.2 Å². The van der Waals surface area contributed by atoms with Crippen molar-refractivity contribution in [3.8, 4) is 5.75 Å². The molecule has 7 heteroatoms. The van der Waals surface area contributed by atoms with Crippen LogP contribution in [0.4, 0.5) is 0 Å². The summed E-state index contributed by atoms with van der Waals surface area (Å²) in [5, 5.41) is 0. The van der Waals surface area contributed by atoms with E-state index in [1.165, 1.54) is 0 Å². The van der Waals surface area contributed by atoms with Gasteiger partial charge < -0.3 is 14.2 Å². The molecule has 0 radical (unpaired) electrons. The summed E-state index contributed by atoms with van der Waals surface area (Å²) in [4.78, 5) is 24.3. The van der Waals surface area contributed by atoms with Gasteiger partial charge in [0.05, 0.1) is 26.8 Å². The highest BCUT2D eigenvalue weighted by molar-refractivity contribution is 7.16. The lowest BCUT2D eigenvalue weighted by atomic mass is 9.96. The Labute approximate surface area is 207 Å². The molecule has 0 saturated carbocycles. The van der Waals surface area contributed by atoms with Crippen molar-refractivity contribution >= 4 is 38.5 Å². The van der Waals surface area contributed by atoms with Gasteiger partial charge in [0.2, 0.25) is 0 Å². The summed E-state index contributed by atoms with van der Waals surface area (Å²) in [6, 6.07) is 23.9. The van der Waals surface area contributed by atoms with Crippen LogP contribution >= 0.6 is 11.3 Å². The van der Waals surface area contributed by atoms with E-state index in [2.05, 4.69) is 27.8 Å². The van der Waals surface area contributed by atoms with Crippen molar-refractivity contribution in [2.24, 2.45) is 5.92 Å². The number of nitrogens with zero attached hydrogens (tertiary/aromatic N) is 4. The average molecular weight is 483 g/mol. The number of carbonyl (C=O) groups excluding carboxylic acids is 1. The number of likely N-dealkylation sites (tertiary alicyclic amines) is 1. The second-order valence-corrected chi connectivity index (χ2v) is 9.89. The van der Waals surface area contributed by atoms with E-state index >= 15 is 0 Å². The molecule has 3 aromatic carbocycles. The van der Waals surface area contributed by atoms with Crippen LogP contribution in [0.15, 0.2) is 78.3 Å². The van der Waals surface area contributed by atoms with E-state index in [0.717, 1.165) is 70.9 Å². The van der Waals surface area contributed by atoms with E-state index < -0.39 is 0 Å². The second kappa shape index (κ2) is 9.50. The number of piperidine rings is 1. The fourth-order valence-electron chi connectivity index (χ4n) is 4.85. The monoisotopic (exact) mass is 482 g/mol. The zero-order valence-electron chi connectivity index (χ0n) is 19.3. The molecule has 0 atom stereocenters. The van der Waals surface area contributed by atoms with E-state index in [0.29, 0.717) is 12.5 Å².